The van der Waals surface area contributed by atoms with Gasteiger partial charge in [-0.2, -0.15) is 4.31 Å². The van der Waals surface area contributed by atoms with Crippen LogP contribution in [-0.2, 0) is 10.0 Å². The molecule has 110 valence electrons. The summed E-state index contributed by atoms with van der Waals surface area (Å²) in [6.45, 7) is 6.61. The van der Waals surface area contributed by atoms with Gasteiger partial charge in [0.1, 0.15) is 0 Å². The lowest BCUT2D eigenvalue weighted by Gasteiger charge is -2.09. The minimum absolute atomic E-state index is 0.0168. The predicted molar refractivity (Wildman–Crippen MR) is 83.7 cm³/mol. The van der Waals surface area contributed by atoms with E-state index in [1.54, 1.807) is 16.4 Å². The summed E-state index contributed by atoms with van der Waals surface area (Å²) < 4.78 is 26.8. The van der Waals surface area contributed by atoms with Crippen LogP contribution >= 0.6 is 0 Å². The molecule has 21 heavy (non-hydrogen) atoms. The molecule has 1 aliphatic heterocycles. The Hall–Kier alpha value is -1.65. The van der Waals surface area contributed by atoms with Crippen molar-refractivity contribution < 1.29 is 8.42 Å². The van der Waals surface area contributed by atoms with Crippen LogP contribution in [0.15, 0.2) is 47.4 Å². The highest BCUT2D eigenvalue weighted by Crippen LogP contribution is 2.41. The van der Waals surface area contributed by atoms with E-state index in [-0.39, 0.29) is 6.04 Å². The van der Waals surface area contributed by atoms with E-state index in [0.29, 0.717) is 11.4 Å². The molecule has 0 aromatic heterocycles. The van der Waals surface area contributed by atoms with E-state index in [1.165, 1.54) is 5.56 Å². The Balaban J connectivity index is 1.88. The largest absolute Gasteiger partial charge is 0.243 e. The van der Waals surface area contributed by atoms with Crippen molar-refractivity contribution in [3.63, 3.8) is 0 Å². The summed E-state index contributed by atoms with van der Waals surface area (Å²) in [4.78, 5) is 0.375. The minimum atomic E-state index is -3.37. The number of benzene rings is 2. The maximum absolute atomic E-state index is 12.6. The van der Waals surface area contributed by atoms with E-state index < -0.39 is 10.0 Å². The molecule has 2 aromatic rings. The number of rotatable bonds is 3. The molecule has 3 rings (SSSR count). The second-order valence-corrected chi connectivity index (χ2v) is 7.65. The summed E-state index contributed by atoms with van der Waals surface area (Å²) in [5, 5.41) is 0. The molecule has 3 nitrogen and oxygen atoms in total. The third-order valence-electron chi connectivity index (χ3n) is 3.98. The topological polar surface area (TPSA) is 37.1 Å². The van der Waals surface area contributed by atoms with Crippen LogP contribution in [0.3, 0.4) is 0 Å². The third kappa shape index (κ3) is 2.61. The van der Waals surface area contributed by atoms with Crippen molar-refractivity contribution in [2.24, 2.45) is 0 Å². The van der Waals surface area contributed by atoms with Gasteiger partial charge < -0.3 is 0 Å². The van der Waals surface area contributed by atoms with Crippen molar-refractivity contribution in [1.82, 2.24) is 4.31 Å². The predicted octanol–water partition coefficient (Wildman–Crippen LogP) is 3.36. The molecule has 0 N–H and O–H groups in total. The molecule has 0 spiro atoms. The van der Waals surface area contributed by atoms with Gasteiger partial charge in [0, 0.05) is 6.54 Å². The first-order chi connectivity index (χ1) is 9.89. The van der Waals surface area contributed by atoms with E-state index >= 15 is 0 Å². The van der Waals surface area contributed by atoms with E-state index in [9.17, 15) is 8.42 Å². The molecule has 0 amide bonds. The third-order valence-corrected chi connectivity index (χ3v) is 5.87. The lowest BCUT2D eigenvalue weighted by molar-refractivity contribution is 0.554. The van der Waals surface area contributed by atoms with Crippen LogP contribution in [0.2, 0.25) is 0 Å². The first-order valence-electron chi connectivity index (χ1n) is 7.05. The summed E-state index contributed by atoms with van der Waals surface area (Å²) in [6.07, 6.45) is 0. The highest BCUT2D eigenvalue weighted by molar-refractivity contribution is 7.89. The molecule has 2 unspecified atom stereocenters. The Morgan fingerprint density at radius 2 is 1.57 bits per heavy atom. The molecule has 2 aromatic carbocycles. The molecule has 1 aliphatic rings. The van der Waals surface area contributed by atoms with Gasteiger partial charge in [-0.05, 0) is 44.0 Å². The van der Waals surface area contributed by atoms with E-state index in [0.717, 1.165) is 16.7 Å². The molecule has 1 heterocycles. The first-order valence-corrected chi connectivity index (χ1v) is 8.49. The fraction of sp³-hybridized carbons (Fsp3) is 0.294. The molecular formula is C17H19NO2S. The van der Waals surface area contributed by atoms with Crippen molar-refractivity contribution in [1.29, 1.82) is 0 Å². The molecular weight excluding hydrogens is 282 g/mol. The summed E-state index contributed by atoms with van der Waals surface area (Å²) >= 11 is 0. The van der Waals surface area contributed by atoms with Crippen molar-refractivity contribution >= 4 is 10.0 Å². The molecule has 0 aliphatic carbocycles. The van der Waals surface area contributed by atoms with Gasteiger partial charge in [0.15, 0.2) is 0 Å². The Morgan fingerprint density at radius 1 is 0.952 bits per heavy atom. The highest BCUT2D eigenvalue weighted by atomic mass is 32.2. The molecule has 0 saturated carbocycles. The summed E-state index contributed by atoms with van der Waals surface area (Å²) in [7, 11) is -3.37. The van der Waals surface area contributed by atoms with Crippen LogP contribution < -0.4 is 0 Å². The van der Waals surface area contributed by atoms with Gasteiger partial charge in [-0.3, -0.25) is 0 Å². The molecule has 1 saturated heterocycles. The van der Waals surface area contributed by atoms with Crippen LogP contribution in [0.1, 0.15) is 28.3 Å². The van der Waals surface area contributed by atoms with Crippen LogP contribution in [0.25, 0.3) is 0 Å². The Morgan fingerprint density at radius 3 is 2.19 bits per heavy atom. The van der Waals surface area contributed by atoms with Crippen LogP contribution in [-0.4, -0.2) is 19.3 Å². The fourth-order valence-electron chi connectivity index (χ4n) is 2.69. The summed E-state index contributed by atoms with van der Waals surface area (Å²) in [5.41, 5.74) is 4.52. The van der Waals surface area contributed by atoms with Crippen LogP contribution in [0, 0.1) is 20.8 Å². The first kappa shape index (κ1) is 14.3. The van der Waals surface area contributed by atoms with Gasteiger partial charge in [0.2, 0.25) is 10.0 Å². The van der Waals surface area contributed by atoms with Gasteiger partial charge in [-0.25, -0.2) is 8.42 Å². The van der Waals surface area contributed by atoms with Crippen molar-refractivity contribution in [2.45, 2.75) is 31.7 Å². The molecule has 0 radical (unpaired) electrons. The van der Waals surface area contributed by atoms with Gasteiger partial charge >= 0.3 is 0 Å². The number of hydrogen-bond acceptors (Lipinski definition) is 2. The van der Waals surface area contributed by atoms with Gasteiger partial charge in [-0.1, -0.05) is 41.5 Å². The maximum Gasteiger partial charge on any atom is 0.243 e. The number of sulfonamides is 1. The smallest absolute Gasteiger partial charge is 0.207 e. The molecule has 1 fully saturated rings. The average molecular weight is 301 g/mol. The van der Waals surface area contributed by atoms with Crippen molar-refractivity contribution in [3.8, 4) is 0 Å². The van der Waals surface area contributed by atoms with Gasteiger partial charge in [0.05, 0.1) is 10.9 Å². The summed E-state index contributed by atoms with van der Waals surface area (Å²) in [5.74, 6) is 0. The normalized spacial score (nSPS) is 21.3. The second-order valence-electron chi connectivity index (χ2n) is 5.76. The number of nitrogens with zero attached hydrogens (tertiary/aromatic N) is 1. The van der Waals surface area contributed by atoms with Gasteiger partial charge in [0.25, 0.3) is 0 Å². The zero-order chi connectivity index (χ0) is 15.2. The van der Waals surface area contributed by atoms with Gasteiger partial charge in [-0.15, -0.1) is 0 Å². The Bertz CT molecular complexity index is 779. The maximum atomic E-state index is 12.6. The molecule has 0 bridgehead atoms. The molecule has 4 heteroatoms. The van der Waals surface area contributed by atoms with E-state index in [1.807, 2.05) is 45.0 Å². The van der Waals surface area contributed by atoms with Crippen molar-refractivity contribution in [2.75, 3.05) is 6.54 Å². The minimum Gasteiger partial charge on any atom is -0.207 e. The highest BCUT2D eigenvalue weighted by Gasteiger charge is 2.45. The Labute approximate surface area is 126 Å². The monoisotopic (exact) mass is 301 g/mol. The zero-order valence-electron chi connectivity index (χ0n) is 12.5. The standard InChI is InChI=1S/C17H19NO2S/c1-12-4-7-15(8-5-12)21(19,20)18-11-17(18)16-9-6-13(2)10-14(16)3/h4-10,17H,11H2,1-3H3. The lowest BCUT2D eigenvalue weighted by atomic mass is 10.0. The SMILES string of the molecule is Cc1ccc(S(=O)(=O)N2CC2c2ccc(C)cc2C)cc1. The second kappa shape index (κ2) is 4.97. The zero-order valence-corrected chi connectivity index (χ0v) is 13.3. The molecule has 2 atom stereocenters. The lowest BCUT2D eigenvalue weighted by Crippen LogP contribution is -2.13. The Kier molecular flexibility index (Phi) is 3.38. The van der Waals surface area contributed by atoms with Crippen LogP contribution in [0.5, 0.6) is 0 Å². The summed E-state index contributed by atoms with van der Waals surface area (Å²) in [6, 6.07) is 13.2. The average Bonchev–Trinajstić information content (AvgIpc) is 3.20. The van der Waals surface area contributed by atoms with Crippen molar-refractivity contribution in [3.05, 3.63) is 64.7 Å². The number of aryl methyl sites for hydroxylation is 3. The quantitative estimate of drug-likeness (QED) is 0.815. The number of hydrogen-bond donors (Lipinski definition) is 0. The van der Waals surface area contributed by atoms with E-state index in [2.05, 4.69) is 6.07 Å². The van der Waals surface area contributed by atoms with Crippen LogP contribution in [0.4, 0.5) is 0 Å². The fourth-order valence-corrected chi connectivity index (χ4v) is 4.22. The van der Waals surface area contributed by atoms with E-state index in [4.69, 9.17) is 0 Å².